The fraction of sp³-hybridized carbons (Fsp3) is 0. The predicted molar refractivity (Wildman–Crippen MR) is 14.9 cm³/mol. The molecule has 0 atom stereocenters. The first-order chi connectivity index (χ1) is 0. The predicted octanol–water partition coefficient (Wildman–Crippen LogP) is -1.36. The number of rotatable bonds is 0. The van der Waals surface area contributed by atoms with Gasteiger partial charge < -0.3 is 27.4 Å². The first-order valence-electron chi connectivity index (χ1n) is 0. The topological polar surface area (TPSA) is 142 Å². The molecule has 0 aromatic carbocycles. The van der Waals surface area contributed by atoms with Crippen LogP contribution in [-0.4, -0.2) is 49.8 Å². The van der Waals surface area contributed by atoms with Crippen LogP contribution >= 0.6 is 0 Å². The minimum absolute atomic E-state index is 0. The van der Waals surface area contributed by atoms with Gasteiger partial charge in [-0.05, 0) is 0 Å². The maximum absolute atomic E-state index is 0. The molecule has 0 rings (SSSR count). The Morgan fingerprint density at radius 1 is 0.500 bits per heavy atom. The molecule has 0 aliphatic rings. The van der Waals surface area contributed by atoms with Gasteiger partial charge in [-0.2, -0.15) is 0 Å². The molecular weight excluding hydrogens is 454 g/mol. The maximum Gasteiger partial charge on any atom is 4.00 e. The van der Waals surface area contributed by atoms with Gasteiger partial charge in [-0.15, -0.1) is 0 Å². The number of hydrogen-bond acceptors (Lipinski definition) is 0. The molecule has 0 bridgehead atoms. The van der Waals surface area contributed by atoms with Crippen molar-refractivity contribution in [1.29, 1.82) is 0 Å². The third kappa shape index (κ3) is 67.2. The van der Waals surface area contributed by atoms with Crippen LogP contribution in [0.25, 0.3) is 0 Å². The third-order valence-electron chi connectivity index (χ3n) is 0. The monoisotopic (exact) mass is 455 g/mol. The molecule has 0 aliphatic carbocycles. The van der Waals surface area contributed by atoms with Crippen molar-refractivity contribution in [3.05, 3.63) is 0 Å². The molecule has 41 valence electrons. The maximum atomic E-state index is 0. The Balaban J connectivity index is 0. The SMILES string of the molecule is [Ce+3].[In+3].[O-2].[O-2].[O-2].[O-2].[O-2].[Sn+4]. The summed E-state index contributed by atoms with van der Waals surface area (Å²) in [5, 5.41) is 0. The largest absolute Gasteiger partial charge is 4.00 e. The zero-order valence-electron chi connectivity index (χ0n) is 3.62. The summed E-state index contributed by atoms with van der Waals surface area (Å²) in [6, 6.07) is 0. The van der Waals surface area contributed by atoms with Gasteiger partial charge in [-0.1, -0.05) is 0 Å². The van der Waals surface area contributed by atoms with Crippen molar-refractivity contribution in [1.82, 2.24) is 0 Å². The fourth-order valence-electron chi connectivity index (χ4n) is 0. The van der Waals surface area contributed by atoms with E-state index >= 15 is 0 Å². The molecule has 8 heavy (non-hydrogen) atoms. The second kappa shape index (κ2) is 95.1. The minimum Gasteiger partial charge on any atom is -2.00 e. The molecule has 0 saturated heterocycles. The van der Waals surface area contributed by atoms with Gasteiger partial charge in [-0.3, -0.25) is 0 Å². The summed E-state index contributed by atoms with van der Waals surface area (Å²) >= 11 is 0. The van der Waals surface area contributed by atoms with E-state index in [2.05, 4.69) is 0 Å². The molecule has 0 amide bonds. The minimum atomic E-state index is 0. The smallest absolute Gasteiger partial charge is 2.00 e. The molecule has 0 saturated carbocycles. The van der Waals surface area contributed by atoms with Crippen molar-refractivity contribution >= 4 is 49.8 Å². The van der Waals surface area contributed by atoms with Gasteiger partial charge in [0.15, 0.2) is 0 Å². The van der Waals surface area contributed by atoms with E-state index in [1.165, 1.54) is 0 Å². The van der Waals surface area contributed by atoms with E-state index in [9.17, 15) is 0 Å². The molecule has 0 heterocycles. The second-order valence-electron chi connectivity index (χ2n) is 0. The van der Waals surface area contributed by atoms with Gasteiger partial charge in [0.25, 0.3) is 0 Å². The summed E-state index contributed by atoms with van der Waals surface area (Å²) in [7, 11) is 0. The summed E-state index contributed by atoms with van der Waals surface area (Å²) in [4.78, 5) is 0. The second-order valence-corrected chi connectivity index (χ2v) is 0. The zero-order valence-corrected chi connectivity index (χ0v) is 12.9. The Hall–Kier alpha value is 2.85. The Morgan fingerprint density at radius 2 is 0.500 bits per heavy atom. The van der Waals surface area contributed by atoms with Crippen LogP contribution in [0, 0.1) is 41.7 Å². The van der Waals surface area contributed by atoms with Gasteiger partial charge >= 0.3 is 91.5 Å². The van der Waals surface area contributed by atoms with Crippen molar-refractivity contribution in [2.24, 2.45) is 0 Å². The van der Waals surface area contributed by atoms with E-state index in [0.29, 0.717) is 0 Å². The van der Waals surface area contributed by atoms with Gasteiger partial charge in [0.1, 0.15) is 0 Å². The standard InChI is InChI=1S/Ce.In.5O.Sn/q2*+3;5*-2;+4. The van der Waals surface area contributed by atoms with Crippen LogP contribution in [0.3, 0.4) is 0 Å². The number of hydrogen-bond donors (Lipinski definition) is 0. The Kier molecular flexibility index (Phi) is 1540. The van der Waals surface area contributed by atoms with Crippen LogP contribution in [-0.2, 0) is 27.4 Å². The van der Waals surface area contributed by atoms with E-state index in [4.69, 9.17) is 0 Å². The molecule has 0 aromatic rings. The molecule has 0 N–H and O–H groups in total. The van der Waals surface area contributed by atoms with Crippen molar-refractivity contribution in [2.45, 2.75) is 0 Å². The molecule has 0 spiro atoms. The van der Waals surface area contributed by atoms with Crippen molar-refractivity contribution in [3.63, 3.8) is 0 Å². The summed E-state index contributed by atoms with van der Waals surface area (Å²) in [5.74, 6) is 0. The van der Waals surface area contributed by atoms with Crippen LogP contribution in [0.15, 0.2) is 0 Å². The summed E-state index contributed by atoms with van der Waals surface area (Å²) in [6.07, 6.45) is 0. The van der Waals surface area contributed by atoms with E-state index in [1.807, 2.05) is 0 Å². The quantitative estimate of drug-likeness (QED) is 0.400. The first-order valence-corrected chi connectivity index (χ1v) is 0. The first kappa shape index (κ1) is 130. The molecule has 5 nitrogen and oxygen atoms in total. The summed E-state index contributed by atoms with van der Waals surface area (Å²) in [6.45, 7) is 0. The molecule has 1 radical (unpaired) electrons. The van der Waals surface area contributed by atoms with E-state index in [0.717, 1.165) is 0 Å². The molecule has 8 heteroatoms. The Bertz CT molecular complexity index is 12.4. The molecule has 0 unspecified atom stereocenters. The third-order valence-corrected chi connectivity index (χ3v) is 0. The van der Waals surface area contributed by atoms with Crippen LogP contribution < -0.4 is 0 Å². The van der Waals surface area contributed by atoms with Crippen LogP contribution in [0.2, 0.25) is 0 Å². The van der Waals surface area contributed by atoms with Gasteiger partial charge in [0, 0.05) is 0 Å². The van der Waals surface area contributed by atoms with Gasteiger partial charge in [0.2, 0.25) is 0 Å². The normalized spacial score (nSPS) is 0. The summed E-state index contributed by atoms with van der Waals surface area (Å²) < 4.78 is 0. The van der Waals surface area contributed by atoms with Crippen LogP contribution in [0.5, 0.6) is 0 Å². The molecular formula is CeInO5Sn. The van der Waals surface area contributed by atoms with E-state index < -0.39 is 0 Å². The zero-order chi connectivity index (χ0) is 0. The average molecular weight is 454 g/mol. The van der Waals surface area contributed by atoms with Gasteiger partial charge in [-0.25, -0.2) is 0 Å². The molecule has 0 aromatic heterocycles. The Morgan fingerprint density at radius 3 is 0.500 bits per heavy atom. The van der Waals surface area contributed by atoms with Crippen molar-refractivity contribution < 1.29 is 69.1 Å². The summed E-state index contributed by atoms with van der Waals surface area (Å²) in [5.41, 5.74) is 0. The van der Waals surface area contributed by atoms with Gasteiger partial charge in [0.05, 0.1) is 0 Å². The van der Waals surface area contributed by atoms with Crippen LogP contribution in [0.1, 0.15) is 0 Å². The Labute approximate surface area is 117 Å². The van der Waals surface area contributed by atoms with E-state index in [-0.39, 0.29) is 119 Å². The van der Waals surface area contributed by atoms with Crippen LogP contribution in [0.4, 0.5) is 0 Å². The van der Waals surface area contributed by atoms with Crippen molar-refractivity contribution in [2.75, 3.05) is 0 Å². The molecule has 0 fully saturated rings. The average Bonchev–Trinajstić information content (AvgIpc) is 0. The fourth-order valence-corrected chi connectivity index (χ4v) is 0. The van der Waals surface area contributed by atoms with E-state index in [1.54, 1.807) is 0 Å². The molecule has 0 aliphatic heterocycles. The van der Waals surface area contributed by atoms with Crippen molar-refractivity contribution in [3.8, 4) is 0 Å².